The van der Waals surface area contributed by atoms with Crippen molar-refractivity contribution in [1.29, 1.82) is 0 Å². The number of alkyl halides is 2. The Balaban J connectivity index is 1.77. The second kappa shape index (κ2) is 6.78. The van der Waals surface area contributed by atoms with Crippen LogP contribution in [0.25, 0.3) is 0 Å². The van der Waals surface area contributed by atoms with Crippen molar-refractivity contribution < 1.29 is 22.7 Å². The highest BCUT2D eigenvalue weighted by Crippen LogP contribution is 2.29. The zero-order chi connectivity index (χ0) is 16.4. The lowest BCUT2D eigenvalue weighted by molar-refractivity contribution is -0.0504. The Morgan fingerprint density at radius 2 is 1.87 bits per heavy atom. The minimum atomic E-state index is -3.10. The predicted molar refractivity (Wildman–Crippen MR) is 78.0 cm³/mol. The third-order valence-corrected chi connectivity index (χ3v) is 4.70. The van der Waals surface area contributed by atoms with Gasteiger partial charge >= 0.3 is 6.61 Å². The van der Waals surface area contributed by atoms with Gasteiger partial charge in [-0.15, -0.1) is 0 Å². The summed E-state index contributed by atoms with van der Waals surface area (Å²) in [5.41, 5.74) is -0.0168. The second-order valence-corrected chi connectivity index (χ2v) is 6.07. The van der Waals surface area contributed by atoms with Gasteiger partial charge in [-0.2, -0.15) is 8.78 Å². The number of benzene rings is 1. The average Bonchev–Trinajstić information content (AvgIpc) is 2.85. The number of fused-ring (bicyclic) bond motifs is 1. The van der Waals surface area contributed by atoms with Crippen LogP contribution in [0.15, 0.2) is 18.2 Å². The number of amides is 1. The molecule has 1 amide bonds. The Hall–Kier alpha value is -1.76. The molecule has 0 saturated carbocycles. The van der Waals surface area contributed by atoms with Crippen LogP contribution in [-0.2, 0) is 0 Å². The van der Waals surface area contributed by atoms with Crippen LogP contribution in [0, 0.1) is 17.7 Å². The number of hydrogen-bond donors (Lipinski definition) is 1. The van der Waals surface area contributed by atoms with Crippen molar-refractivity contribution in [2.45, 2.75) is 19.5 Å². The summed E-state index contributed by atoms with van der Waals surface area (Å²) in [5.74, 6) is -0.394. The lowest BCUT2D eigenvalue weighted by atomic mass is 9.92. The molecule has 2 aliphatic heterocycles. The van der Waals surface area contributed by atoms with Crippen LogP contribution in [0.5, 0.6) is 5.75 Å². The Morgan fingerprint density at radius 1 is 1.22 bits per heavy atom. The van der Waals surface area contributed by atoms with Crippen LogP contribution in [0.3, 0.4) is 0 Å². The molecular formula is C16H19F3N2O2. The van der Waals surface area contributed by atoms with Gasteiger partial charge < -0.3 is 15.0 Å². The molecule has 0 bridgehead atoms. The van der Waals surface area contributed by atoms with Crippen molar-refractivity contribution in [2.24, 2.45) is 11.8 Å². The molecule has 1 N–H and O–H groups in total. The zero-order valence-corrected chi connectivity index (χ0v) is 12.6. The summed E-state index contributed by atoms with van der Waals surface area (Å²) >= 11 is 0. The van der Waals surface area contributed by atoms with E-state index < -0.39 is 18.2 Å². The standard InChI is InChI=1S/C16H19F3N2O2/c17-12-1-2-13(14(7-12)23-16(18)19)15(22)21-5-3-10-8-20-9-11(10)4-6-21/h1-2,7,10-11,16,20H,3-6,8-9H2/t10-,11+. The molecule has 0 radical (unpaired) electrons. The Bertz CT molecular complexity index is 568. The molecule has 2 atom stereocenters. The number of nitrogens with zero attached hydrogens (tertiary/aromatic N) is 1. The lowest BCUT2D eigenvalue weighted by Crippen LogP contribution is -2.33. The largest absolute Gasteiger partial charge is 0.434 e. The minimum Gasteiger partial charge on any atom is -0.434 e. The number of likely N-dealkylation sites (tertiary alicyclic amines) is 1. The van der Waals surface area contributed by atoms with Crippen LogP contribution >= 0.6 is 0 Å². The molecule has 1 aromatic rings. The molecule has 3 rings (SSSR count). The number of nitrogens with one attached hydrogen (secondary N) is 1. The van der Waals surface area contributed by atoms with E-state index in [2.05, 4.69) is 10.1 Å². The van der Waals surface area contributed by atoms with Crippen LogP contribution in [-0.4, -0.2) is 43.6 Å². The number of rotatable bonds is 3. The van der Waals surface area contributed by atoms with E-state index in [1.807, 2.05) is 0 Å². The summed E-state index contributed by atoms with van der Waals surface area (Å²) < 4.78 is 42.5. The van der Waals surface area contributed by atoms with Gasteiger partial charge in [0.2, 0.25) is 0 Å². The molecule has 2 aliphatic rings. The molecule has 0 spiro atoms. The van der Waals surface area contributed by atoms with Crippen LogP contribution in [0.1, 0.15) is 23.2 Å². The second-order valence-electron chi connectivity index (χ2n) is 6.07. The van der Waals surface area contributed by atoms with E-state index in [4.69, 9.17) is 0 Å². The molecular weight excluding hydrogens is 309 g/mol. The normalized spacial score (nSPS) is 24.4. The number of carbonyl (C=O) groups excluding carboxylic acids is 1. The third kappa shape index (κ3) is 3.60. The summed E-state index contributed by atoms with van der Waals surface area (Å²) in [4.78, 5) is 14.3. The van der Waals surface area contributed by atoms with E-state index in [9.17, 15) is 18.0 Å². The SMILES string of the molecule is O=C(c1ccc(F)cc1OC(F)F)N1CC[C@@H]2CNC[C@@H]2CC1. The number of hydrogen-bond acceptors (Lipinski definition) is 3. The van der Waals surface area contributed by atoms with Crippen molar-refractivity contribution in [3.05, 3.63) is 29.6 Å². The van der Waals surface area contributed by atoms with Crippen LogP contribution < -0.4 is 10.1 Å². The Morgan fingerprint density at radius 3 is 2.48 bits per heavy atom. The highest BCUT2D eigenvalue weighted by molar-refractivity contribution is 5.97. The summed E-state index contributed by atoms with van der Waals surface area (Å²) in [6.45, 7) is -0.0234. The van der Waals surface area contributed by atoms with Gasteiger partial charge in [0.05, 0.1) is 5.56 Å². The van der Waals surface area contributed by atoms with E-state index in [1.54, 1.807) is 4.90 Å². The summed E-state index contributed by atoms with van der Waals surface area (Å²) in [5, 5.41) is 3.36. The first-order valence-electron chi connectivity index (χ1n) is 7.79. The summed E-state index contributed by atoms with van der Waals surface area (Å²) in [7, 11) is 0. The molecule has 0 aliphatic carbocycles. The van der Waals surface area contributed by atoms with E-state index in [0.717, 1.165) is 38.1 Å². The molecule has 2 saturated heterocycles. The van der Waals surface area contributed by atoms with Crippen molar-refractivity contribution in [3.63, 3.8) is 0 Å². The van der Waals surface area contributed by atoms with Gasteiger partial charge in [0, 0.05) is 19.2 Å². The van der Waals surface area contributed by atoms with Crippen molar-refractivity contribution in [3.8, 4) is 5.75 Å². The van der Waals surface area contributed by atoms with Gasteiger partial charge in [-0.25, -0.2) is 4.39 Å². The average molecular weight is 328 g/mol. The van der Waals surface area contributed by atoms with Crippen molar-refractivity contribution in [2.75, 3.05) is 26.2 Å². The fourth-order valence-electron chi connectivity index (χ4n) is 3.46. The van der Waals surface area contributed by atoms with Gasteiger partial charge in [0.1, 0.15) is 11.6 Å². The maximum absolute atomic E-state index is 13.3. The lowest BCUT2D eigenvalue weighted by Gasteiger charge is -2.22. The quantitative estimate of drug-likeness (QED) is 0.927. The smallest absolute Gasteiger partial charge is 0.387 e. The highest BCUT2D eigenvalue weighted by atomic mass is 19.3. The molecule has 0 unspecified atom stereocenters. The van der Waals surface area contributed by atoms with Crippen LogP contribution in [0.2, 0.25) is 0 Å². The Labute approximate surface area is 132 Å². The molecule has 23 heavy (non-hydrogen) atoms. The highest BCUT2D eigenvalue weighted by Gasteiger charge is 2.32. The van der Waals surface area contributed by atoms with E-state index >= 15 is 0 Å². The first-order valence-corrected chi connectivity index (χ1v) is 7.79. The van der Waals surface area contributed by atoms with Crippen molar-refractivity contribution >= 4 is 5.91 Å². The fraction of sp³-hybridized carbons (Fsp3) is 0.562. The molecule has 126 valence electrons. The first-order chi connectivity index (χ1) is 11.0. The van der Waals surface area contributed by atoms with Crippen LogP contribution in [0.4, 0.5) is 13.2 Å². The van der Waals surface area contributed by atoms with Gasteiger partial charge in [0.25, 0.3) is 5.91 Å². The number of ether oxygens (including phenoxy) is 1. The number of carbonyl (C=O) groups is 1. The first kappa shape index (κ1) is 16.1. The topological polar surface area (TPSA) is 41.6 Å². The van der Waals surface area contributed by atoms with E-state index in [1.165, 1.54) is 6.07 Å². The molecule has 2 heterocycles. The zero-order valence-electron chi connectivity index (χ0n) is 12.6. The van der Waals surface area contributed by atoms with E-state index in [0.29, 0.717) is 24.9 Å². The molecule has 7 heteroatoms. The maximum atomic E-state index is 13.3. The van der Waals surface area contributed by atoms with Gasteiger partial charge in [-0.05, 0) is 49.9 Å². The van der Waals surface area contributed by atoms with Crippen molar-refractivity contribution in [1.82, 2.24) is 10.2 Å². The molecule has 4 nitrogen and oxygen atoms in total. The fourth-order valence-corrected chi connectivity index (χ4v) is 3.46. The van der Waals surface area contributed by atoms with Gasteiger partial charge in [0.15, 0.2) is 0 Å². The molecule has 1 aromatic carbocycles. The summed E-state index contributed by atoms with van der Waals surface area (Å²) in [6.07, 6.45) is 1.77. The van der Waals surface area contributed by atoms with E-state index in [-0.39, 0.29) is 11.5 Å². The monoisotopic (exact) mass is 328 g/mol. The Kier molecular flexibility index (Phi) is 4.75. The summed E-state index contributed by atoms with van der Waals surface area (Å²) in [6, 6.07) is 3.13. The maximum Gasteiger partial charge on any atom is 0.387 e. The molecule has 2 fully saturated rings. The molecule has 0 aromatic heterocycles. The minimum absolute atomic E-state index is 0.0168. The predicted octanol–water partition coefficient (Wildman–Crippen LogP) is 2.50. The van der Waals surface area contributed by atoms with Gasteiger partial charge in [-0.3, -0.25) is 4.79 Å². The van der Waals surface area contributed by atoms with Gasteiger partial charge in [-0.1, -0.05) is 0 Å². The third-order valence-electron chi connectivity index (χ3n) is 4.70. The number of halogens is 3.